The molecule has 0 aromatic heterocycles. The highest BCUT2D eigenvalue weighted by Gasteiger charge is 2.35. The number of benzene rings is 2. The van der Waals surface area contributed by atoms with Gasteiger partial charge < -0.3 is 15.0 Å². The van der Waals surface area contributed by atoms with Crippen LogP contribution in [0.4, 0.5) is 20.2 Å². The number of alkyl halides is 2. The van der Waals surface area contributed by atoms with Gasteiger partial charge in [-0.25, -0.2) is 0 Å². The summed E-state index contributed by atoms with van der Waals surface area (Å²) in [6, 6.07) is 13.4. The maximum Gasteiger partial charge on any atom is 0.288 e. The second-order valence-electron chi connectivity index (χ2n) is 5.97. The van der Waals surface area contributed by atoms with Crippen molar-refractivity contribution in [2.75, 3.05) is 23.9 Å². The number of ether oxygens (including phenoxy) is 1. The predicted octanol–water partition coefficient (Wildman–Crippen LogP) is 4.00. The number of halogens is 2. The number of hydrogen-bond acceptors (Lipinski definition) is 4. The van der Waals surface area contributed by atoms with Gasteiger partial charge in [-0.2, -0.15) is 8.78 Å². The summed E-state index contributed by atoms with van der Waals surface area (Å²) < 4.78 is 30.4. The second-order valence-corrected chi connectivity index (χ2v) is 7.00. The molecule has 8 heteroatoms. The Labute approximate surface area is 159 Å². The number of para-hydroxylation sites is 1. The summed E-state index contributed by atoms with van der Waals surface area (Å²) in [6.45, 7) is 0.237. The van der Waals surface area contributed by atoms with Gasteiger partial charge in [0.1, 0.15) is 5.75 Å². The number of anilines is 2. The topological polar surface area (TPSA) is 58.6 Å². The van der Waals surface area contributed by atoms with E-state index in [1.165, 1.54) is 6.07 Å². The minimum absolute atomic E-state index is 0.0714. The largest absolute Gasteiger partial charge is 0.497 e. The van der Waals surface area contributed by atoms with Crippen molar-refractivity contribution < 1.29 is 23.1 Å². The average Bonchev–Trinajstić information content (AvgIpc) is 3.05. The molecule has 0 spiro atoms. The van der Waals surface area contributed by atoms with Gasteiger partial charge in [-0.1, -0.05) is 23.9 Å². The summed E-state index contributed by atoms with van der Waals surface area (Å²) in [5, 5.41) is 2.68. The van der Waals surface area contributed by atoms with E-state index in [1.54, 1.807) is 54.5 Å². The lowest BCUT2D eigenvalue weighted by atomic mass is 10.1. The molecule has 1 N–H and O–H groups in total. The van der Waals surface area contributed by atoms with Crippen LogP contribution in [0.2, 0.25) is 0 Å². The van der Waals surface area contributed by atoms with Gasteiger partial charge in [-0.15, -0.1) is 0 Å². The average molecular weight is 392 g/mol. The number of carbonyl (C=O) groups excluding carboxylic acids is 2. The molecular formula is C19H18F2N2O3S. The number of thioether (sulfide) groups is 1. The second kappa shape index (κ2) is 8.39. The molecule has 5 nitrogen and oxygen atoms in total. The molecule has 2 amide bonds. The van der Waals surface area contributed by atoms with Crippen LogP contribution in [0.15, 0.2) is 53.4 Å². The van der Waals surface area contributed by atoms with E-state index >= 15 is 0 Å². The lowest BCUT2D eigenvalue weighted by Gasteiger charge is -2.17. The third-order valence-electron chi connectivity index (χ3n) is 4.24. The predicted molar refractivity (Wildman–Crippen MR) is 100 cm³/mol. The summed E-state index contributed by atoms with van der Waals surface area (Å²) in [6.07, 6.45) is 0.0714. The van der Waals surface area contributed by atoms with Crippen LogP contribution in [0.5, 0.6) is 5.75 Å². The zero-order valence-corrected chi connectivity index (χ0v) is 15.3. The Kier molecular flexibility index (Phi) is 5.95. The van der Waals surface area contributed by atoms with Gasteiger partial charge in [-0.05, 0) is 36.4 Å². The maximum absolute atomic E-state index is 12.7. The molecule has 1 atom stereocenters. The highest BCUT2D eigenvalue weighted by molar-refractivity contribution is 7.99. The number of methoxy groups -OCH3 is 1. The molecule has 27 heavy (non-hydrogen) atoms. The quantitative estimate of drug-likeness (QED) is 0.755. The van der Waals surface area contributed by atoms with Crippen LogP contribution < -0.4 is 15.0 Å². The lowest BCUT2D eigenvalue weighted by molar-refractivity contribution is -0.122. The number of hydrogen-bond donors (Lipinski definition) is 1. The molecule has 2 aromatic rings. The third kappa shape index (κ3) is 4.57. The highest BCUT2D eigenvalue weighted by atomic mass is 32.2. The van der Waals surface area contributed by atoms with Crippen LogP contribution in [-0.2, 0) is 9.59 Å². The van der Waals surface area contributed by atoms with Crippen molar-refractivity contribution in [1.29, 1.82) is 0 Å². The van der Waals surface area contributed by atoms with E-state index in [0.29, 0.717) is 28.9 Å². The van der Waals surface area contributed by atoms with Crippen LogP contribution in [0, 0.1) is 5.92 Å². The van der Waals surface area contributed by atoms with Crippen molar-refractivity contribution in [2.45, 2.75) is 17.1 Å². The van der Waals surface area contributed by atoms with E-state index in [9.17, 15) is 18.4 Å². The normalized spacial score (nSPS) is 16.7. The van der Waals surface area contributed by atoms with Crippen LogP contribution >= 0.6 is 11.8 Å². The molecule has 0 aliphatic carbocycles. The number of nitrogens with one attached hydrogen (secondary N) is 1. The molecule has 0 radical (unpaired) electrons. The van der Waals surface area contributed by atoms with Crippen molar-refractivity contribution in [1.82, 2.24) is 0 Å². The van der Waals surface area contributed by atoms with Crippen LogP contribution in [0.1, 0.15) is 6.42 Å². The van der Waals surface area contributed by atoms with Crippen molar-refractivity contribution >= 4 is 35.0 Å². The zero-order chi connectivity index (χ0) is 19.4. The number of amides is 2. The van der Waals surface area contributed by atoms with Crippen LogP contribution in [0.3, 0.4) is 0 Å². The fourth-order valence-corrected chi connectivity index (χ4v) is 3.49. The van der Waals surface area contributed by atoms with Crippen LogP contribution in [0.25, 0.3) is 0 Å². The SMILES string of the molecule is COc1ccc(N2C[C@@H](C(=O)Nc3ccccc3SC(F)F)CC2=O)cc1. The van der Waals surface area contributed by atoms with Crippen LogP contribution in [-0.4, -0.2) is 31.2 Å². The molecular weight excluding hydrogens is 374 g/mol. The Morgan fingerprint density at radius 3 is 2.59 bits per heavy atom. The smallest absolute Gasteiger partial charge is 0.288 e. The first kappa shape index (κ1) is 19.2. The molecule has 1 fully saturated rings. The summed E-state index contributed by atoms with van der Waals surface area (Å²) in [4.78, 5) is 26.7. The van der Waals surface area contributed by atoms with Crippen molar-refractivity contribution in [3.63, 3.8) is 0 Å². The maximum atomic E-state index is 12.7. The fraction of sp³-hybridized carbons (Fsp3) is 0.263. The van der Waals surface area contributed by atoms with Gasteiger partial charge in [-0.3, -0.25) is 9.59 Å². The fourth-order valence-electron chi connectivity index (χ4n) is 2.90. The Bertz CT molecular complexity index is 830. The summed E-state index contributed by atoms with van der Waals surface area (Å²) in [5.74, 6) is -2.98. The van der Waals surface area contributed by atoms with Crippen molar-refractivity contribution in [2.24, 2.45) is 5.92 Å². The zero-order valence-electron chi connectivity index (χ0n) is 14.5. The molecule has 2 aromatic carbocycles. The van der Waals surface area contributed by atoms with Crippen molar-refractivity contribution in [3.8, 4) is 5.75 Å². The number of nitrogens with zero attached hydrogens (tertiary/aromatic N) is 1. The number of rotatable bonds is 6. The van der Waals surface area contributed by atoms with E-state index in [-0.39, 0.29) is 29.7 Å². The molecule has 1 aliphatic rings. The van der Waals surface area contributed by atoms with E-state index in [0.717, 1.165) is 0 Å². The molecule has 0 bridgehead atoms. The van der Waals surface area contributed by atoms with Gasteiger partial charge in [0, 0.05) is 23.5 Å². The summed E-state index contributed by atoms with van der Waals surface area (Å²) >= 11 is 0.374. The third-order valence-corrected chi connectivity index (χ3v) is 5.03. The van der Waals surface area contributed by atoms with Gasteiger partial charge in [0.2, 0.25) is 11.8 Å². The Morgan fingerprint density at radius 1 is 1.22 bits per heavy atom. The Balaban J connectivity index is 1.69. The van der Waals surface area contributed by atoms with Gasteiger partial charge in [0.25, 0.3) is 5.76 Å². The molecule has 0 saturated carbocycles. The lowest BCUT2D eigenvalue weighted by Crippen LogP contribution is -2.28. The standard InChI is InChI=1S/C19H18F2N2O3S/c1-26-14-8-6-13(7-9-14)23-11-12(10-17(23)24)18(25)22-15-4-2-3-5-16(15)27-19(20)21/h2-9,12,19H,10-11H2,1H3,(H,22,25)/t12-/m0/s1. The molecule has 1 aliphatic heterocycles. The Morgan fingerprint density at radius 2 is 1.93 bits per heavy atom. The van der Waals surface area contributed by atoms with E-state index in [2.05, 4.69) is 5.32 Å². The molecule has 0 unspecified atom stereocenters. The molecule has 142 valence electrons. The first-order valence-corrected chi connectivity index (χ1v) is 9.15. The van der Waals surface area contributed by atoms with E-state index in [1.807, 2.05) is 0 Å². The van der Waals surface area contributed by atoms with Crippen molar-refractivity contribution in [3.05, 3.63) is 48.5 Å². The molecule has 1 heterocycles. The minimum atomic E-state index is -2.58. The number of carbonyl (C=O) groups is 2. The van der Waals surface area contributed by atoms with Gasteiger partial charge in [0.05, 0.1) is 18.7 Å². The summed E-state index contributed by atoms with van der Waals surface area (Å²) in [7, 11) is 1.56. The molecule has 1 saturated heterocycles. The van der Waals surface area contributed by atoms with Gasteiger partial charge in [0.15, 0.2) is 0 Å². The molecule has 3 rings (SSSR count). The van der Waals surface area contributed by atoms with E-state index < -0.39 is 11.7 Å². The van der Waals surface area contributed by atoms with E-state index in [4.69, 9.17) is 4.74 Å². The Hall–Kier alpha value is -2.61. The first-order valence-electron chi connectivity index (χ1n) is 8.27. The summed E-state index contributed by atoms with van der Waals surface area (Å²) in [5.41, 5.74) is 1.01. The van der Waals surface area contributed by atoms with Gasteiger partial charge >= 0.3 is 0 Å². The minimum Gasteiger partial charge on any atom is -0.497 e. The monoisotopic (exact) mass is 392 g/mol. The highest BCUT2D eigenvalue weighted by Crippen LogP contribution is 2.33. The first-order chi connectivity index (χ1) is 13.0.